The van der Waals surface area contributed by atoms with Crippen LogP contribution in [0.2, 0.25) is 0 Å². The van der Waals surface area contributed by atoms with Crippen molar-refractivity contribution in [2.45, 2.75) is 20.4 Å². The van der Waals surface area contributed by atoms with Gasteiger partial charge in [-0.15, -0.1) is 0 Å². The summed E-state index contributed by atoms with van der Waals surface area (Å²) in [7, 11) is 0. The van der Waals surface area contributed by atoms with Crippen molar-refractivity contribution in [1.29, 1.82) is 0 Å². The molecule has 5 heteroatoms. The molecule has 1 aromatic rings. The third kappa shape index (κ3) is 3.50. The lowest BCUT2D eigenvalue weighted by Crippen LogP contribution is -2.20. The van der Waals surface area contributed by atoms with Crippen LogP contribution in [0.4, 0.5) is 0 Å². The monoisotopic (exact) mass is 180 g/mol. The number of nitrogens with zero attached hydrogens (tertiary/aromatic N) is 2. The lowest BCUT2D eigenvalue weighted by atomic mass is 10.3. The van der Waals surface area contributed by atoms with Gasteiger partial charge in [-0.2, -0.15) is 15.4 Å². The Labute approximate surface area is 76.2 Å². The average molecular weight is 180 g/mol. The fourth-order valence-corrected chi connectivity index (χ4v) is 0.801. The number of aromatic nitrogens is 3. The van der Waals surface area contributed by atoms with Gasteiger partial charge in [0, 0.05) is 6.08 Å². The van der Waals surface area contributed by atoms with Crippen molar-refractivity contribution in [2.24, 2.45) is 0 Å². The molecule has 0 saturated heterocycles. The Morgan fingerprint density at radius 3 is 3.00 bits per heavy atom. The van der Waals surface area contributed by atoms with Crippen LogP contribution in [0.1, 0.15) is 19.5 Å². The second-order valence-corrected chi connectivity index (χ2v) is 2.90. The van der Waals surface area contributed by atoms with Crippen LogP contribution in [0.15, 0.2) is 17.8 Å². The molecular weight excluding hydrogens is 168 g/mol. The van der Waals surface area contributed by atoms with Crippen molar-refractivity contribution >= 4 is 5.91 Å². The summed E-state index contributed by atoms with van der Waals surface area (Å²) in [5.41, 5.74) is 1.69. The maximum Gasteiger partial charge on any atom is 0.244 e. The van der Waals surface area contributed by atoms with Crippen molar-refractivity contribution in [2.75, 3.05) is 0 Å². The van der Waals surface area contributed by atoms with E-state index in [1.165, 1.54) is 0 Å². The summed E-state index contributed by atoms with van der Waals surface area (Å²) in [4.78, 5) is 11.1. The Kier molecular flexibility index (Phi) is 3.19. The maximum atomic E-state index is 11.1. The van der Waals surface area contributed by atoms with Crippen LogP contribution in [0, 0.1) is 0 Å². The average Bonchev–Trinajstić information content (AvgIpc) is 2.51. The minimum atomic E-state index is -0.108. The zero-order chi connectivity index (χ0) is 9.68. The molecule has 70 valence electrons. The number of hydrogen-bond donors (Lipinski definition) is 2. The second-order valence-electron chi connectivity index (χ2n) is 2.90. The van der Waals surface area contributed by atoms with E-state index in [0.29, 0.717) is 6.54 Å². The van der Waals surface area contributed by atoms with Gasteiger partial charge in [-0.1, -0.05) is 5.57 Å². The van der Waals surface area contributed by atoms with E-state index in [1.807, 2.05) is 13.8 Å². The Morgan fingerprint density at radius 1 is 1.69 bits per heavy atom. The van der Waals surface area contributed by atoms with E-state index in [0.717, 1.165) is 11.3 Å². The molecule has 0 unspecified atom stereocenters. The van der Waals surface area contributed by atoms with Crippen molar-refractivity contribution in [3.8, 4) is 0 Å². The van der Waals surface area contributed by atoms with E-state index in [-0.39, 0.29) is 5.91 Å². The number of hydrogen-bond acceptors (Lipinski definition) is 3. The SMILES string of the molecule is CC(C)=CC(=O)NCc1cn[nH]n1. The van der Waals surface area contributed by atoms with Gasteiger partial charge >= 0.3 is 0 Å². The van der Waals surface area contributed by atoms with Crippen LogP contribution in [0.3, 0.4) is 0 Å². The van der Waals surface area contributed by atoms with Gasteiger partial charge in [0.05, 0.1) is 12.7 Å². The first kappa shape index (κ1) is 9.44. The molecule has 0 aromatic carbocycles. The summed E-state index contributed by atoms with van der Waals surface area (Å²) in [5.74, 6) is -0.108. The Morgan fingerprint density at radius 2 is 2.46 bits per heavy atom. The van der Waals surface area contributed by atoms with Crippen molar-refractivity contribution in [3.63, 3.8) is 0 Å². The molecule has 1 amide bonds. The van der Waals surface area contributed by atoms with Gasteiger partial charge in [-0.05, 0) is 13.8 Å². The van der Waals surface area contributed by atoms with E-state index in [9.17, 15) is 4.79 Å². The minimum absolute atomic E-state index is 0.108. The van der Waals surface area contributed by atoms with E-state index in [4.69, 9.17) is 0 Å². The highest BCUT2D eigenvalue weighted by Gasteiger charge is 1.98. The predicted molar refractivity (Wildman–Crippen MR) is 47.7 cm³/mol. The van der Waals surface area contributed by atoms with Crippen LogP contribution in [-0.2, 0) is 11.3 Å². The molecular formula is C8H12N4O. The zero-order valence-corrected chi connectivity index (χ0v) is 7.66. The molecule has 13 heavy (non-hydrogen) atoms. The lowest BCUT2D eigenvalue weighted by Gasteiger charge is -1.97. The number of carbonyl (C=O) groups excluding carboxylic acids is 1. The predicted octanol–water partition coefficient (Wildman–Crippen LogP) is 0.387. The van der Waals surface area contributed by atoms with Crippen molar-refractivity contribution < 1.29 is 4.79 Å². The van der Waals surface area contributed by atoms with Gasteiger partial charge in [-0.3, -0.25) is 4.79 Å². The molecule has 0 aliphatic carbocycles. The van der Waals surface area contributed by atoms with Crippen LogP contribution in [0.25, 0.3) is 0 Å². The zero-order valence-electron chi connectivity index (χ0n) is 7.66. The first-order valence-corrected chi connectivity index (χ1v) is 3.96. The van der Waals surface area contributed by atoms with Crippen LogP contribution < -0.4 is 5.32 Å². The summed E-state index contributed by atoms with van der Waals surface area (Å²) in [6.45, 7) is 4.14. The van der Waals surface area contributed by atoms with E-state index < -0.39 is 0 Å². The molecule has 0 fully saturated rings. The van der Waals surface area contributed by atoms with Gasteiger partial charge in [-0.25, -0.2) is 0 Å². The molecule has 1 aromatic heterocycles. The lowest BCUT2D eigenvalue weighted by molar-refractivity contribution is -0.116. The summed E-state index contributed by atoms with van der Waals surface area (Å²) < 4.78 is 0. The number of H-pyrrole nitrogens is 1. The van der Waals surface area contributed by atoms with E-state index in [1.54, 1.807) is 12.3 Å². The number of amides is 1. The number of rotatable bonds is 3. The minimum Gasteiger partial charge on any atom is -0.347 e. The normalized spacial score (nSPS) is 9.38. The van der Waals surface area contributed by atoms with Gasteiger partial charge in [0.1, 0.15) is 5.69 Å². The standard InChI is InChI=1S/C8H12N4O/c1-6(2)3-8(13)9-4-7-5-10-12-11-7/h3,5H,4H2,1-2H3,(H,9,13)(H,10,11,12). The Hall–Kier alpha value is -1.65. The highest BCUT2D eigenvalue weighted by molar-refractivity contribution is 5.87. The van der Waals surface area contributed by atoms with Crippen LogP contribution in [-0.4, -0.2) is 21.3 Å². The summed E-state index contributed by atoms with van der Waals surface area (Å²) in [6.07, 6.45) is 3.11. The van der Waals surface area contributed by atoms with Crippen molar-refractivity contribution in [1.82, 2.24) is 20.7 Å². The van der Waals surface area contributed by atoms with E-state index in [2.05, 4.69) is 20.7 Å². The van der Waals surface area contributed by atoms with Gasteiger partial charge in [0.25, 0.3) is 0 Å². The summed E-state index contributed by atoms with van der Waals surface area (Å²) >= 11 is 0. The molecule has 0 radical (unpaired) electrons. The van der Waals surface area contributed by atoms with Gasteiger partial charge in [0.2, 0.25) is 5.91 Å². The second kappa shape index (κ2) is 4.39. The maximum absolute atomic E-state index is 11.1. The summed E-state index contributed by atoms with van der Waals surface area (Å²) in [5, 5.41) is 12.6. The highest BCUT2D eigenvalue weighted by Crippen LogP contribution is 1.90. The molecule has 0 aliphatic rings. The molecule has 0 bridgehead atoms. The summed E-state index contributed by atoms with van der Waals surface area (Å²) in [6, 6.07) is 0. The molecule has 0 atom stereocenters. The molecule has 5 nitrogen and oxygen atoms in total. The Balaban J connectivity index is 2.35. The fourth-order valence-electron chi connectivity index (χ4n) is 0.801. The topological polar surface area (TPSA) is 70.7 Å². The van der Waals surface area contributed by atoms with Crippen LogP contribution in [0.5, 0.6) is 0 Å². The number of allylic oxidation sites excluding steroid dienone is 1. The quantitative estimate of drug-likeness (QED) is 0.661. The largest absolute Gasteiger partial charge is 0.347 e. The molecule has 0 spiro atoms. The van der Waals surface area contributed by atoms with Gasteiger partial charge in [0.15, 0.2) is 0 Å². The highest BCUT2D eigenvalue weighted by atomic mass is 16.1. The van der Waals surface area contributed by atoms with Gasteiger partial charge < -0.3 is 5.32 Å². The third-order valence-electron chi connectivity index (χ3n) is 1.33. The molecule has 0 aliphatic heterocycles. The first-order valence-electron chi connectivity index (χ1n) is 3.96. The van der Waals surface area contributed by atoms with Crippen molar-refractivity contribution in [3.05, 3.63) is 23.5 Å². The third-order valence-corrected chi connectivity index (χ3v) is 1.33. The number of carbonyl (C=O) groups is 1. The molecule has 1 heterocycles. The number of aromatic amines is 1. The molecule has 1 rings (SSSR count). The van der Waals surface area contributed by atoms with Crippen LogP contribution >= 0.6 is 0 Å². The first-order chi connectivity index (χ1) is 6.18. The fraction of sp³-hybridized carbons (Fsp3) is 0.375. The molecule has 0 saturated carbocycles. The Bertz CT molecular complexity index is 298. The van der Waals surface area contributed by atoms with E-state index >= 15 is 0 Å². The smallest absolute Gasteiger partial charge is 0.244 e. The number of nitrogens with one attached hydrogen (secondary N) is 2. The molecule has 2 N–H and O–H groups in total.